The molecule has 1 saturated carbocycles. The Morgan fingerprint density at radius 2 is 2.03 bits per heavy atom. The van der Waals surface area contributed by atoms with Crippen LogP contribution >= 0.6 is 24.0 Å². The molecule has 1 aromatic rings. The van der Waals surface area contributed by atoms with E-state index in [1.54, 1.807) is 6.26 Å². The summed E-state index contributed by atoms with van der Waals surface area (Å²) < 4.78 is 11.4. The molecule has 4 heterocycles. The Morgan fingerprint density at radius 3 is 2.81 bits per heavy atom. The molecule has 4 fully saturated rings. The summed E-state index contributed by atoms with van der Waals surface area (Å²) in [5.41, 5.74) is 0. The quantitative estimate of drug-likeness (QED) is 0.336. The van der Waals surface area contributed by atoms with Crippen molar-refractivity contribution in [1.29, 1.82) is 0 Å². The van der Waals surface area contributed by atoms with Gasteiger partial charge in [-0.2, -0.15) is 0 Å². The highest BCUT2D eigenvalue weighted by molar-refractivity contribution is 14.0. The molecule has 0 amide bonds. The monoisotopic (exact) mass is 542 g/mol. The van der Waals surface area contributed by atoms with Gasteiger partial charge in [0.1, 0.15) is 5.76 Å². The topological polar surface area (TPSA) is 53.2 Å². The van der Waals surface area contributed by atoms with E-state index < -0.39 is 0 Å². The lowest BCUT2D eigenvalue weighted by atomic mass is 9.83. The molecule has 0 radical (unpaired) electrons. The fourth-order valence-corrected chi connectivity index (χ4v) is 5.65. The first-order valence-corrected chi connectivity index (χ1v) is 12.3. The maximum absolute atomic E-state index is 5.94. The van der Waals surface area contributed by atoms with Crippen LogP contribution in [0.25, 0.3) is 0 Å². The molecule has 0 bridgehead atoms. The van der Waals surface area contributed by atoms with Gasteiger partial charge >= 0.3 is 0 Å². The summed E-state index contributed by atoms with van der Waals surface area (Å²) in [7, 11) is 0. The molecule has 31 heavy (non-hydrogen) atoms. The van der Waals surface area contributed by atoms with Crippen molar-refractivity contribution in [1.82, 2.24) is 15.1 Å². The molecule has 1 aliphatic carbocycles. The molecule has 6 nitrogen and oxygen atoms in total. The van der Waals surface area contributed by atoms with Gasteiger partial charge in [0.2, 0.25) is 0 Å². The number of aliphatic imine (C=N–C) groups is 1. The van der Waals surface area contributed by atoms with Crippen molar-refractivity contribution in [3.63, 3.8) is 0 Å². The van der Waals surface area contributed by atoms with Gasteiger partial charge in [0, 0.05) is 44.7 Å². The van der Waals surface area contributed by atoms with Gasteiger partial charge in [0.15, 0.2) is 5.96 Å². The molecule has 0 spiro atoms. The summed E-state index contributed by atoms with van der Waals surface area (Å²) in [6.45, 7) is 6.12. The van der Waals surface area contributed by atoms with Crippen molar-refractivity contribution in [3.05, 3.63) is 24.2 Å². The molecule has 5 rings (SSSR count). The van der Waals surface area contributed by atoms with Gasteiger partial charge in [-0.3, -0.25) is 9.89 Å². The second-order valence-corrected chi connectivity index (χ2v) is 9.58. The van der Waals surface area contributed by atoms with Crippen molar-refractivity contribution in [2.45, 2.75) is 76.0 Å². The van der Waals surface area contributed by atoms with Crippen LogP contribution in [0.4, 0.5) is 0 Å². The Balaban J connectivity index is 0.00000231. The molecular formula is C24H39IN4O2. The standard InChI is InChI=1S/C24H38N4O2.HI/c1-2-15-30-22(6-1)17-26-24(25-12-10-21-7-4-16-29-21)27-14-11-23-19(18-27)5-3-13-28(23)20-8-9-20;/h4,7,16,19-20,22-23H,1-3,5-6,8-15,17-18H2,(H,25,26);1H. The minimum absolute atomic E-state index is 0. The Morgan fingerprint density at radius 1 is 1.10 bits per heavy atom. The number of guanidine groups is 1. The van der Waals surface area contributed by atoms with Crippen molar-refractivity contribution in [3.8, 4) is 0 Å². The van der Waals surface area contributed by atoms with Gasteiger partial charge in [0.05, 0.1) is 18.9 Å². The largest absolute Gasteiger partial charge is 0.469 e. The van der Waals surface area contributed by atoms with Gasteiger partial charge in [-0.05, 0) is 76.0 Å². The lowest BCUT2D eigenvalue weighted by Crippen LogP contribution is -2.57. The third-order valence-corrected chi connectivity index (χ3v) is 7.38. The number of hydrogen-bond acceptors (Lipinski definition) is 4. The van der Waals surface area contributed by atoms with Crippen LogP contribution in [0, 0.1) is 5.92 Å². The molecule has 3 atom stereocenters. The first-order chi connectivity index (χ1) is 14.9. The highest BCUT2D eigenvalue weighted by Gasteiger charge is 2.42. The summed E-state index contributed by atoms with van der Waals surface area (Å²) in [6.07, 6.45) is 13.4. The van der Waals surface area contributed by atoms with E-state index in [0.29, 0.717) is 6.10 Å². The van der Waals surface area contributed by atoms with E-state index in [1.807, 2.05) is 12.1 Å². The van der Waals surface area contributed by atoms with Gasteiger partial charge in [-0.25, -0.2) is 0 Å². The maximum atomic E-state index is 5.94. The van der Waals surface area contributed by atoms with Gasteiger partial charge in [-0.1, -0.05) is 0 Å². The van der Waals surface area contributed by atoms with E-state index in [2.05, 4.69) is 15.1 Å². The average molecular weight is 543 g/mol. The second kappa shape index (κ2) is 11.4. The highest BCUT2D eigenvalue weighted by atomic mass is 127. The number of ether oxygens (including phenoxy) is 1. The van der Waals surface area contributed by atoms with Gasteiger partial charge in [0.25, 0.3) is 0 Å². The first kappa shape index (κ1) is 23.4. The van der Waals surface area contributed by atoms with Crippen LogP contribution in [0.1, 0.15) is 57.1 Å². The van der Waals surface area contributed by atoms with Crippen molar-refractivity contribution >= 4 is 29.9 Å². The van der Waals surface area contributed by atoms with Crippen LogP contribution in [0.5, 0.6) is 0 Å². The van der Waals surface area contributed by atoms with E-state index in [9.17, 15) is 0 Å². The normalized spacial score (nSPS) is 29.9. The summed E-state index contributed by atoms with van der Waals surface area (Å²) in [5.74, 6) is 2.90. The summed E-state index contributed by atoms with van der Waals surface area (Å²) in [6, 6.07) is 5.71. The smallest absolute Gasteiger partial charge is 0.194 e. The third kappa shape index (κ3) is 6.16. The Labute approximate surface area is 204 Å². The fourth-order valence-electron chi connectivity index (χ4n) is 5.65. The molecule has 3 unspecified atom stereocenters. The number of furan rings is 1. The molecule has 174 valence electrons. The van der Waals surface area contributed by atoms with Crippen LogP contribution in [0.2, 0.25) is 0 Å². The molecule has 7 heteroatoms. The zero-order valence-electron chi connectivity index (χ0n) is 18.7. The number of nitrogens with zero attached hydrogens (tertiary/aromatic N) is 3. The average Bonchev–Trinajstić information content (AvgIpc) is 3.51. The second-order valence-electron chi connectivity index (χ2n) is 9.58. The number of nitrogens with one attached hydrogen (secondary N) is 1. The lowest BCUT2D eigenvalue weighted by Gasteiger charge is -2.48. The van der Waals surface area contributed by atoms with Crippen LogP contribution < -0.4 is 5.32 Å². The van der Waals surface area contributed by atoms with Crippen LogP contribution in [0.15, 0.2) is 27.8 Å². The van der Waals surface area contributed by atoms with E-state index >= 15 is 0 Å². The number of halogens is 1. The molecule has 3 aliphatic heterocycles. The summed E-state index contributed by atoms with van der Waals surface area (Å²) in [4.78, 5) is 10.4. The van der Waals surface area contributed by atoms with Gasteiger partial charge in [-0.15, -0.1) is 24.0 Å². The molecule has 3 saturated heterocycles. The molecule has 0 aromatic carbocycles. The van der Waals surface area contributed by atoms with Crippen LogP contribution in [0.3, 0.4) is 0 Å². The SMILES string of the molecule is I.c1coc(CCNC(=NCC2CCCCO2)N2CCC3C(CCCN3C3CC3)C2)c1. The van der Waals surface area contributed by atoms with Crippen LogP contribution in [-0.4, -0.2) is 73.3 Å². The zero-order chi connectivity index (χ0) is 20.2. The molecule has 1 N–H and O–H groups in total. The Kier molecular flexibility index (Phi) is 8.57. The summed E-state index contributed by atoms with van der Waals surface area (Å²) in [5, 5.41) is 3.66. The van der Waals surface area contributed by atoms with Crippen LogP contribution in [-0.2, 0) is 11.2 Å². The van der Waals surface area contributed by atoms with E-state index in [4.69, 9.17) is 14.1 Å². The van der Waals surface area contributed by atoms with E-state index in [1.165, 1.54) is 51.5 Å². The molecular weight excluding hydrogens is 503 g/mol. The Bertz CT molecular complexity index is 688. The number of hydrogen-bond donors (Lipinski definition) is 1. The summed E-state index contributed by atoms with van der Waals surface area (Å²) >= 11 is 0. The zero-order valence-corrected chi connectivity index (χ0v) is 21.0. The predicted octanol–water partition coefficient (Wildman–Crippen LogP) is 3.90. The predicted molar refractivity (Wildman–Crippen MR) is 134 cm³/mol. The van der Waals surface area contributed by atoms with Crippen molar-refractivity contribution in [2.24, 2.45) is 10.9 Å². The van der Waals surface area contributed by atoms with E-state index in [-0.39, 0.29) is 24.0 Å². The lowest BCUT2D eigenvalue weighted by molar-refractivity contribution is 0.0215. The van der Waals surface area contributed by atoms with Crippen molar-refractivity contribution in [2.75, 3.05) is 39.3 Å². The molecule has 4 aliphatic rings. The van der Waals surface area contributed by atoms with Gasteiger partial charge < -0.3 is 19.4 Å². The fraction of sp³-hybridized carbons (Fsp3) is 0.792. The molecule has 1 aromatic heterocycles. The maximum Gasteiger partial charge on any atom is 0.194 e. The number of piperidine rings is 2. The highest BCUT2D eigenvalue weighted by Crippen LogP contribution is 2.38. The minimum Gasteiger partial charge on any atom is -0.469 e. The third-order valence-electron chi connectivity index (χ3n) is 7.38. The minimum atomic E-state index is 0. The number of fused-ring (bicyclic) bond motifs is 1. The number of rotatable bonds is 6. The van der Waals surface area contributed by atoms with E-state index in [0.717, 1.165) is 75.3 Å². The first-order valence-electron chi connectivity index (χ1n) is 12.3. The Hall–Kier alpha value is -0.800. The van der Waals surface area contributed by atoms with Crippen molar-refractivity contribution < 1.29 is 9.15 Å². The number of likely N-dealkylation sites (tertiary alicyclic amines) is 2.